The van der Waals surface area contributed by atoms with Crippen LogP contribution in [0.2, 0.25) is 0 Å². The molecule has 3 nitrogen and oxygen atoms in total. The van der Waals surface area contributed by atoms with Crippen molar-refractivity contribution in [3.63, 3.8) is 0 Å². The summed E-state index contributed by atoms with van der Waals surface area (Å²) in [4.78, 5) is 12.8. The second kappa shape index (κ2) is 7.18. The smallest absolute Gasteiger partial charge is 0.251 e. The second-order valence-electron chi connectivity index (χ2n) is 5.57. The number of amides is 1. The fourth-order valence-corrected chi connectivity index (χ4v) is 2.43. The highest BCUT2D eigenvalue weighted by molar-refractivity contribution is 5.93. The SMILES string of the molecule is CNC(=O)c1ccc(C[NH+](C)[C@@H](C)c2ccc(F)cc2)cc1. The highest BCUT2D eigenvalue weighted by atomic mass is 19.1. The van der Waals surface area contributed by atoms with Crippen molar-refractivity contribution in [1.29, 1.82) is 0 Å². The molecule has 0 bridgehead atoms. The predicted octanol–water partition coefficient (Wildman–Crippen LogP) is 1.96. The number of halogens is 1. The first-order valence-corrected chi connectivity index (χ1v) is 7.40. The van der Waals surface area contributed by atoms with E-state index in [4.69, 9.17) is 0 Å². The molecule has 2 aromatic carbocycles. The van der Waals surface area contributed by atoms with Crippen LogP contribution >= 0.6 is 0 Å². The van der Waals surface area contributed by atoms with Crippen LogP contribution in [0.25, 0.3) is 0 Å². The maximum absolute atomic E-state index is 13.0. The lowest BCUT2D eigenvalue weighted by Gasteiger charge is -2.22. The van der Waals surface area contributed by atoms with Gasteiger partial charge < -0.3 is 10.2 Å². The summed E-state index contributed by atoms with van der Waals surface area (Å²) in [5.74, 6) is -0.287. The largest absolute Gasteiger partial charge is 0.355 e. The van der Waals surface area contributed by atoms with Gasteiger partial charge in [0.05, 0.1) is 7.05 Å². The molecule has 0 aliphatic heterocycles. The van der Waals surface area contributed by atoms with E-state index < -0.39 is 0 Å². The van der Waals surface area contributed by atoms with E-state index in [-0.39, 0.29) is 17.8 Å². The van der Waals surface area contributed by atoms with Crippen LogP contribution in [0.15, 0.2) is 48.5 Å². The molecule has 116 valence electrons. The highest BCUT2D eigenvalue weighted by Gasteiger charge is 2.16. The third-order valence-corrected chi connectivity index (χ3v) is 4.04. The Kier molecular flexibility index (Phi) is 5.28. The zero-order valence-electron chi connectivity index (χ0n) is 13.2. The Hall–Kier alpha value is -2.20. The van der Waals surface area contributed by atoms with E-state index in [1.54, 1.807) is 7.05 Å². The van der Waals surface area contributed by atoms with E-state index in [0.29, 0.717) is 5.56 Å². The van der Waals surface area contributed by atoms with Crippen molar-refractivity contribution in [3.05, 3.63) is 71.0 Å². The Morgan fingerprint density at radius 3 is 2.27 bits per heavy atom. The van der Waals surface area contributed by atoms with Gasteiger partial charge in [0.2, 0.25) is 0 Å². The van der Waals surface area contributed by atoms with Gasteiger partial charge in [-0.3, -0.25) is 4.79 Å². The number of carbonyl (C=O) groups excluding carboxylic acids is 1. The summed E-state index contributed by atoms with van der Waals surface area (Å²) in [6.45, 7) is 2.97. The summed E-state index contributed by atoms with van der Waals surface area (Å²) >= 11 is 0. The lowest BCUT2D eigenvalue weighted by molar-refractivity contribution is -0.924. The summed E-state index contributed by atoms with van der Waals surface area (Å²) in [6.07, 6.45) is 0. The monoisotopic (exact) mass is 301 g/mol. The average molecular weight is 301 g/mol. The number of hydrogen-bond donors (Lipinski definition) is 2. The zero-order valence-corrected chi connectivity index (χ0v) is 13.2. The van der Waals surface area contributed by atoms with E-state index in [0.717, 1.165) is 12.1 Å². The molecule has 0 aliphatic rings. The molecule has 1 amide bonds. The first kappa shape index (κ1) is 16.2. The minimum absolute atomic E-state index is 0.0769. The number of hydrogen-bond acceptors (Lipinski definition) is 1. The van der Waals surface area contributed by atoms with Crippen LogP contribution in [0.3, 0.4) is 0 Å². The van der Waals surface area contributed by atoms with Gasteiger partial charge in [0, 0.05) is 23.7 Å². The van der Waals surface area contributed by atoms with Crippen LogP contribution in [0.1, 0.15) is 34.5 Å². The van der Waals surface area contributed by atoms with Gasteiger partial charge in [-0.15, -0.1) is 0 Å². The van der Waals surface area contributed by atoms with Crippen molar-refractivity contribution < 1.29 is 14.1 Å². The topological polar surface area (TPSA) is 33.5 Å². The Labute approximate surface area is 130 Å². The van der Waals surface area contributed by atoms with Crippen LogP contribution in [-0.4, -0.2) is 20.0 Å². The quantitative estimate of drug-likeness (QED) is 0.870. The predicted molar refractivity (Wildman–Crippen MR) is 85.2 cm³/mol. The number of nitrogens with one attached hydrogen (secondary N) is 2. The van der Waals surface area contributed by atoms with Crippen molar-refractivity contribution in [2.45, 2.75) is 19.5 Å². The van der Waals surface area contributed by atoms with Gasteiger partial charge >= 0.3 is 0 Å². The van der Waals surface area contributed by atoms with Gasteiger partial charge in [0.1, 0.15) is 18.4 Å². The molecule has 2 aromatic rings. The fourth-order valence-electron chi connectivity index (χ4n) is 2.43. The van der Waals surface area contributed by atoms with Crippen molar-refractivity contribution in [2.24, 2.45) is 0 Å². The number of quaternary nitrogens is 1. The molecule has 4 heteroatoms. The Morgan fingerprint density at radius 2 is 1.73 bits per heavy atom. The van der Waals surface area contributed by atoms with Gasteiger partial charge in [0.25, 0.3) is 5.91 Å². The molecular formula is C18H22FN2O+. The maximum Gasteiger partial charge on any atom is 0.251 e. The molecule has 1 unspecified atom stereocenters. The molecule has 0 spiro atoms. The molecule has 22 heavy (non-hydrogen) atoms. The first-order chi connectivity index (χ1) is 10.5. The van der Waals surface area contributed by atoms with E-state index in [2.05, 4.69) is 19.3 Å². The third-order valence-electron chi connectivity index (χ3n) is 4.04. The summed E-state index contributed by atoms with van der Waals surface area (Å²) in [6, 6.07) is 14.6. The van der Waals surface area contributed by atoms with Crippen LogP contribution in [0.4, 0.5) is 4.39 Å². The normalized spacial score (nSPS) is 13.5. The summed E-state index contributed by atoms with van der Waals surface area (Å²) < 4.78 is 13.0. The number of benzene rings is 2. The van der Waals surface area contributed by atoms with Crippen molar-refractivity contribution in [1.82, 2.24) is 5.32 Å². The molecule has 0 radical (unpaired) electrons. The van der Waals surface area contributed by atoms with Gasteiger partial charge in [-0.05, 0) is 31.2 Å². The third kappa shape index (κ3) is 3.92. The van der Waals surface area contributed by atoms with Crippen LogP contribution < -0.4 is 10.2 Å². The van der Waals surface area contributed by atoms with Gasteiger partial charge in [-0.1, -0.05) is 24.3 Å². The van der Waals surface area contributed by atoms with Gasteiger partial charge in [-0.25, -0.2) is 4.39 Å². The maximum atomic E-state index is 13.0. The minimum Gasteiger partial charge on any atom is -0.355 e. The van der Waals surface area contributed by atoms with Gasteiger partial charge in [0.15, 0.2) is 0 Å². The van der Waals surface area contributed by atoms with Crippen LogP contribution in [0, 0.1) is 5.82 Å². The lowest BCUT2D eigenvalue weighted by atomic mass is 10.1. The number of rotatable bonds is 5. The van der Waals surface area contributed by atoms with E-state index >= 15 is 0 Å². The number of carbonyl (C=O) groups is 1. The molecule has 0 heterocycles. The Bertz CT molecular complexity index is 623. The molecule has 0 aromatic heterocycles. The van der Waals surface area contributed by atoms with E-state index in [1.165, 1.54) is 22.6 Å². The fraction of sp³-hybridized carbons (Fsp3) is 0.278. The van der Waals surface area contributed by atoms with Crippen LogP contribution in [-0.2, 0) is 6.54 Å². The molecule has 2 atom stereocenters. The molecule has 2 N–H and O–H groups in total. The van der Waals surface area contributed by atoms with E-state index in [9.17, 15) is 9.18 Å². The standard InChI is InChI=1S/C18H21FN2O/c1-13(15-8-10-17(19)11-9-15)21(3)12-14-4-6-16(7-5-14)18(22)20-2/h4-11,13H,12H2,1-3H3,(H,20,22)/p+1/t13-/m0/s1. The molecule has 2 rings (SSSR count). The van der Waals surface area contributed by atoms with Crippen LogP contribution in [0.5, 0.6) is 0 Å². The van der Waals surface area contributed by atoms with Gasteiger partial charge in [-0.2, -0.15) is 0 Å². The zero-order chi connectivity index (χ0) is 16.1. The Morgan fingerprint density at radius 1 is 1.14 bits per heavy atom. The highest BCUT2D eigenvalue weighted by Crippen LogP contribution is 2.11. The minimum atomic E-state index is -0.210. The molecular weight excluding hydrogens is 279 g/mol. The Balaban J connectivity index is 2.03. The van der Waals surface area contributed by atoms with E-state index in [1.807, 2.05) is 36.4 Å². The average Bonchev–Trinajstić information content (AvgIpc) is 2.54. The first-order valence-electron chi connectivity index (χ1n) is 7.40. The molecule has 0 saturated carbocycles. The lowest BCUT2D eigenvalue weighted by Crippen LogP contribution is -3.07. The molecule has 0 fully saturated rings. The van der Waals surface area contributed by atoms with Crippen molar-refractivity contribution >= 4 is 5.91 Å². The van der Waals surface area contributed by atoms with Crippen molar-refractivity contribution in [2.75, 3.05) is 14.1 Å². The second-order valence-corrected chi connectivity index (χ2v) is 5.57. The van der Waals surface area contributed by atoms with Crippen molar-refractivity contribution in [3.8, 4) is 0 Å². The summed E-state index contributed by atoms with van der Waals surface area (Å²) in [7, 11) is 3.74. The summed E-state index contributed by atoms with van der Waals surface area (Å²) in [5.41, 5.74) is 2.94. The molecule has 0 aliphatic carbocycles. The summed E-state index contributed by atoms with van der Waals surface area (Å²) in [5, 5.41) is 2.61. The molecule has 0 saturated heterocycles.